The summed E-state index contributed by atoms with van der Waals surface area (Å²) in [7, 11) is 0. The third-order valence-electron chi connectivity index (χ3n) is 4.23. The van der Waals surface area contributed by atoms with Gasteiger partial charge in [0.1, 0.15) is 10.1 Å². The zero-order valence-corrected chi connectivity index (χ0v) is 16.8. The van der Waals surface area contributed by atoms with Crippen LogP contribution in [0.3, 0.4) is 0 Å². The van der Waals surface area contributed by atoms with Crippen LogP contribution < -0.4 is 5.32 Å². The van der Waals surface area contributed by atoms with Gasteiger partial charge >= 0.3 is 0 Å². The number of carbonyl (C=O) groups is 2. The highest BCUT2D eigenvalue weighted by Gasteiger charge is 2.31. The molecule has 1 N–H and O–H groups in total. The van der Waals surface area contributed by atoms with E-state index in [2.05, 4.69) is 15.3 Å². The number of benzene rings is 1. The molecular weight excluding hydrogens is 408 g/mol. The minimum absolute atomic E-state index is 0.134. The van der Waals surface area contributed by atoms with Crippen LogP contribution in [0.15, 0.2) is 58.3 Å². The number of carbonyl (C=O) groups excluding carboxylic acids is 2. The van der Waals surface area contributed by atoms with E-state index in [9.17, 15) is 9.59 Å². The molecule has 0 spiro atoms. The van der Waals surface area contributed by atoms with Gasteiger partial charge in [-0.15, -0.1) is 0 Å². The number of aromatic nitrogens is 2. The first-order chi connectivity index (χ1) is 14.1. The summed E-state index contributed by atoms with van der Waals surface area (Å²) in [5, 5.41) is 2.85. The Kier molecular flexibility index (Phi) is 5.68. The molecule has 0 saturated carbocycles. The highest BCUT2D eigenvalue weighted by molar-refractivity contribution is 8.26. The van der Waals surface area contributed by atoms with Crippen molar-refractivity contribution in [1.29, 1.82) is 0 Å². The third-order valence-corrected chi connectivity index (χ3v) is 5.61. The Hall–Kier alpha value is -3.04. The number of nitrogens with zero attached hydrogens (tertiary/aromatic N) is 3. The standard InChI is InChI=1S/C20H16N4O3S2/c25-18(23-13-5-6-15-16(11-13)22-8-7-21-15)4-1-9-24-19(26)17(29-20(24)28)12-14-3-2-10-27-14/h2-3,5-8,10-12H,1,4,9H2,(H,23,25). The van der Waals surface area contributed by atoms with Crippen LogP contribution in [0, 0.1) is 0 Å². The molecule has 2 amide bonds. The highest BCUT2D eigenvalue weighted by Crippen LogP contribution is 2.32. The van der Waals surface area contributed by atoms with E-state index in [-0.39, 0.29) is 18.2 Å². The van der Waals surface area contributed by atoms with Gasteiger partial charge in [0.25, 0.3) is 5.91 Å². The molecule has 1 aromatic carbocycles. The number of hydrogen-bond donors (Lipinski definition) is 1. The lowest BCUT2D eigenvalue weighted by atomic mass is 10.2. The van der Waals surface area contributed by atoms with Crippen molar-refractivity contribution >= 4 is 62.9 Å². The first-order valence-corrected chi connectivity index (χ1v) is 10.1. The molecule has 0 bridgehead atoms. The second-order valence-corrected chi connectivity index (χ2v) is 7.94. The van der Waals surface area contributed by atoms with Gasteiger partial charge in [-0.2, -0.15) is 0 Å². The predicted molar refractivity (Wildman–Crippen MR) is 116 cm³/mol. The number of thioether (sulfide) groups is 1. The number of furan rings is 1. The second-order valence-electron chi connectivity index (χ2n) is 6.26. The van der Waals surface area contributed by atoms with Crippen molar-refractivity contribution in [3.8, 4) is 0 Å². The Balaban J connectivity index is 1.30. The molecule has 9 heteroatoms. The molecule has 7 nitrogen and oxygen atoms in total. The van der Waals surface area contributed by atoms with Crippen molar-refractivity contribution in [3.05, 3.63) is 59.7 Å². The number of fused-ring (bicyclic) bond motifs is 1. The van der Waals surface area contributed by atoms with E-state index in [1.54, 1.807) is 49.0 Å². The van der Waals surface area contributed by atoms with Crippen molar-refractivity contribution in [3.63, 3.8) is 0 Å². The summed E-state index contributed by atoms with van der Waals surface area (Å²) in [6, 6.07) is 8.91. The molecule has 146 valence electrons. The topological polar surface area (TPSA) is 88.3 Å². The fourth-order valence-electron chi connectivity index (χ4n) is 2.86. The molecule has 1 fully saturated rings. The zero-order valence-electron chi connectivity index (χ0n) is 15.2. The first-order valence-electron chi connectivity index (χ1n) is 8.90. The smallest absolute Gasteiger partial charge is 0.266 e. The van der Waals surface area contributed by atoms with Gasteiger partial charge < -0.3 is 9.73 Å². The van der Waals surface area contributed by atoms with Crippen molar-refractivity contribution in [2.75, 3.05) is 11.9 Å². The van der Waals surface area contributed by atoms with Gasteiger partial charge in [0.15, 0.2) is 0 Å². The maximum Gasteiger partial charge on any atom is 0.266 e. The predicted octanol–water partition coefficient (Wildman–Crippen LogP) is 3.84. The van der Waals surface area contributed by atoms with Crippen LogP contribution in [-0.2, 0) is 9.59 Å². The number of anilines is 1. The number of nitrogens with one attached hydrogen (secondary N) is 1. The fraction of sp³-hybridized carbons (Fsp3) is 0.150. The normalized spacial score (nSPS) is 15.4. The van der Waals surface area contributed by atoms with E-state index in [0.29, 0.717) is 39.2 Å². The molecule has 0 radical (unpaired) electrons. The lowest BCUT2D eigenvalue weighted by molar-refractivity contribution is -0.122. The highest BCUT2D eigenvalue weighted by atomic mass is 32.2. The Labute approximate surface area is 176 Å². The Morgan fingerprint density at radius 2 is 2.07 bits per heavy atom. The van der Waals surface area contributed by atoms with E-state index in [1.165, 1.54) is 16.7 Å². The molecule has 3 heterocycles. The average molecular weight is 425 g/mol. The van der Waals surface area contributed by atoms with Gasteiger partial charge in [0.2, 0.25) is 5.91 Å². The minimum atomic E-state index is -0.162. The largest absolute Gasteiger partial charge is 0.465 e. The van der Waals surface area contributed by atoms with Gasteiger partial charge in [0.05, 0.1) is 22.2 Å². The number of amides is 2. The Morgan fingerprint density at radius 3 is 2.86 bits per heavy atom. The Morgan fingerprint density at radius 1 is 1.24 bits per heavy atom. The van der Waals surface area contributed by atoms with Gasteiger partial charge in [-0.3, -0.25) is 24.5 Å². The van der Waals surface area contributed by atoms with Crippen molar-refractivity contribution in [2.45, 2.75) is 12.8 Å². The summed E-state index contributed by atoms with van der Waals surface area (Å²) in [6.45, 7) is 0.386. The summed E-state index contributed by atoms with van der Waals surface area (Å²) in [4.78, 5) is 35.2. The summed E-state index contributed by atoms with van der Waals surface area (Å²) in [5.74, 6) is 0.305. The van der Waals surface area contributed by atoms with Crippen LogP contribution in [-0.4, -0.2) is 37.5 Å². The van der Waals surface area contributed by atoms with Crippen LogP contribution in [0.4, 0.5) is 5.69 Å². The molecule has 3 aromatic rings. The first kappa shape index (κ1) is 19.3. The lowest BCUT2D eigenvalue weighted by Crippen LogP contribution is -2.29. The third kappa shape index (κ3) is 4.52. The molecule has 1 aliphatic rings. The van der Waals surface area contributed by atoms with E-state index in [4.69, 9.17) is 16.6 Å². The van der Waals surface area contributed by atoms with Crippen LogP contribution in [0.25, 0.3) is 17.1 Å². The molecule has 1 saturated heterocycles. The molecule has 0 unspecified atom stereocenters. The van der Waals surface area contributed by atoms with E-state index in [1.807, 2.05) is 6.07 Å². The number of rotatable bonds is 6. The monoisotopic (exact) mass is 424 g/mol. The summed E-state index contributed by atoms with van der Waals surface area (Å²) < 4.78 is 5.73. The average Bonchev–Trinajstić information content (AvgIpc) is 3.31. The summed E-state index contributed by atoms with van der Waals surface area (Å²) in [6.07, 6.45) is 7.23. The van der Waals surface area contributed by atoms with Crippen LogP contribution in [0.5, 0.6) is 0 Å². The summed E-state index contributed by atoms with van der Waals surface area (Å²) >= 11 is 6.54. The van der Waals surface area contributed by atoms with Crippen LogP contribution >= 0.6 is 24.0 Å². The molecule has 1 aliphatic heterocycles. The van der Waals surface area contributed by atoms with Crippen LogP contribution in [0.1, 0.15) is 18.6 Å². The molecule has 29 heavy (non-hydrogen) atoms. The second kappa shape index (κ2) is 8.54. The maximum absolute atomic E-state index is 12.5. The van der Waals surface area contributed by atoms with Gasteiger partial charge in [-0.1, -0.05) is 24.0 Å². The number of hydrogen-bond acceptors (Lipinski definition) is 7. The molecule has 0 aliphatic carbocycles. The maximum atomic E-state index is 12.5. The minimum Gasteiger partial charge on any atom is -0.465 e. The van der Waals surface area contributed by atoms with E-state index in [0.717, 1.165) is 5.52 Å². The Bertz CT molecular complexity index is 1110. The van der Waals surface area contributed by atoms with Gasteiger partial charge in [-0.05, 0) is 36.8 Å². The van der Waals surface area contributed by atoms with Crippen molar-refractivity contribution in [1.82, 2.24) is 14.9 Å². The van der Waals surface area contributed by atoms with Crippen molar-refractivity contribution in [2.24, 2.45) is 0 Å². The number of thiocarbonyl (C=S) groups is 1. The van der Waals surface area contributed by atoms with E-state index >= 15 is 0 Å². The quantitative estimate of drug-likeness (QED) is 0.475. The molecular formula is C20H16N4O3S2. The zero-order chi connectivity index (χ0) is 20.2. The van der Waals surface area contributed by atoms with E-state index < -0.39 is 0 Å². The fourth-order valence-corrected chi connectivity index (χ4v) is 4.15. The molecule has 2 aromatic heterocycles. The van der Waals surface area contributed by atoms with Gasteiger partial charge in [-0.25, -0.2) is 0 Å². The van der Waals surface area contributed by atoms with Crippen molar-refractivity contribution < 1.29 is 14.0 Å². The lowest BCUT2D eigenvalue weighted by Gasteiger charge is -2.14. The van der Waals surface area contributed by atoms with Crippen LogP contribution in [0.2, 0.25) is 0 Å². The molecule has 4 rings (SSSR count). The molecule has 0 atom stereocenters. The summed E-state index contributed by atoms with van der Waals surface area (Å²) in [5.41, 5.74) is 2.14. The van der Waals surface area contributed by atoms with Gasteiger partial charge in [0, 0.05) is 37.1 Å². The SMILES string of the molecule is O=C(CCCN1C(=O)C(=Cc2ccco2)SC1=S)Nc1ccc2nccnc2c1.